The maximum Gasteiger partial charge on any atom is 0.113 e. The summed E-state index contributed by atoms with van der Waals surface area (Å²) in [6, 6.07) is 0. The van der Waals surface area contributed by atoms with Gasteiger partial charge in [0.25, 0.3) is 0 Å². The van der Waals surface area contributed by atoms with Gasteiger partial charge in [-0.25, -0.2) is 8.78 Å². The molecule has 0 bridgehead atoms. The van der Waals surface area contributed by atoms with E-state index in [-0.39, 0.29) is 13.2 Å². The molecule has 0 radical (unpaired) electrons. The molecule has 0 saturated heterocycles. The summed E-state index contributed by atoms with van der Waals surface area (Å²) in [6.45, 7) is 7.80. The highest BCUT2D eigenvalue weighted by atomic mass is 19.1. The van der Waals surface area contributed by atoms with Crippen molar-refractivity contribution in [2.45, 2.75) is 12.8 Å². The Labute approximate surface area is 96.9 Å². The molecular formula is C12H22F2O2. The zero-order valence-electron chi connectivity index (χ0n) is 9.80. The first kappa shape index (κ1) is 17.6. The molecule has 0 spiro atoms. The molecule has 0 aliphatic heterocycles. The summed E-state index contributed by atoms with van der Waals surface area (Å²) in [4.78, 5) is 0. The lowest BCUT2D eigenvalue weighted by atomic mass is 10.5. The van der Waals surface area contributed by atoms with Crippen LogP contribution < -0.4 is 0 Å². The molecule has 0 amide bonds. The molecule has 0 rings (SSSR count). The lowest BCUT2D eigenvalue weighted by Gasteiger charge is -1.94. The van der Waals surface area contributed by atoms with Crippen molar-refractivity contribution in [2.24, 2.45) is 0 Å². The predicted octanol–water partition coefficient (Wildman–Crippen LogP) is 3.10. The largest absolute Gasteiger partial charge is 0.378 e. The van der Waals surface area contributed by atoms with E-state index in [2.05, 4.69) is 13.2 Å². The maximum atomic E-state index is 11.3. The first-order valence-corrected chi connectivity index (χ1v) is 5.32. The van der Waals surface area contributed by atoms with E-state index in [9.17, 15) is 8.78 Å². The highest BCUT2D eigenvalue weighted by Crippen LogP contribution is 1.82. The van der Waals surface area contributed by atoms with Crippen LogP contribution in [0.5, 0.6) is 0 Å². The molecular weight excluding hydrogens is 214 g/mol. The molecule has 0 saturated carbocycles. The van der Waals surface area contributed by atoms with Gasteiger partial charge in [0.05, 0.1) is 26.4 Å². The van der Waals surface area contributed by atoms with Gasteiger partial charge in [-0.2, -0.15) is 0 Å². The fourth-order valence-corrected chi connectivity index (χ4v) is 0.647. The van der Waals surface area contributed by atoms with E-state index in [0.717, 1.165) is 12.8 Å². The molecule has 0 aromatic carbocycles. The lowest BCUT2D eigenvalue weighted by molar-refractivity contribution is 0.123. The van der Waals surface area contributed by atoms with Crippen LogP contribution in [0.4, 0.5) is 8.78 Å². The summed E-state index contributed by atoms with van der Waals surface area (Å²) in [7, 11) is 0. The molecule has 0 heterocycles. The Hall–Kier alpha value is -0.740. The zero-order valence-corrected chi connectivity index (χ0v) is 9.80. The maximum absolute atomic E-state index is 11.3. The van der Waals surface area contributed by atoms with Gasteiger partial charge in [-0.3, -0.25) is 0 Å². The zero-order chi connectivity index (χ0) is 12.5. The second-order valence-corrected chi connectivity index (χ2v) is 2.76. The molecule has 0 unspecified atom stereocenters. The van der Waals surface area contributed by atoms with Crippen molar-refractivity contribution in [1.82, 2.24) is 0 Å². The highest BCUT2D eigenvalue weighted by molar-refractivity contribution is 4.64. The average molecular weight is 236 g/mol. The Morgan fingerprint density at radius 1 is 0.750 bits per heavy atom. The summed E-state index contributed by atoms with van der Waals surface area (Å²) >= 11 is 0. The van der Waals surface area contributed by atoms with E-state index in [4.69, 9.17) is 9.47 Å². The fourth-order valence-electron chi connectivity index (χ4n) is 0.647. The van der Waals surface area contributed by atoms with Gasteiger partial charge in [0.2, 0.25) is 0 Å². The second-order valence-electron chi connectivity index (χ2n) is 2.76. The van der Waals surface area contributed by atoms with Crippen LogP contribution in [0.3, 0.4) is 0 Å². The van der Waals surface area contributed by atoms with Crippen LogP contribution in [0.1, 0.15) is 12.8 Å². The first-order chi connectivity index (χ1) is 7.83. The van der Waals surface area contributed by atoms with Crippen molar-refractivity contribution < 1.29 is 18.3 Å². The molecule has 0 fully saturated rings. The van der Waals surface area contributed by atoms with Crippen LogP contribution in [0, 0.1) is 0 Å². The Morgan fingerprint density at radius 3 is 1.38 bits per heavy atom. The van der Waals surface area contributed by atoms with Crippen LogP contribution in [0.2, 0.25) is 0 Å². The van der Waals surface area contributed by atoms with Gasteiger partial charge in [-0.05, 0) is 12.8 Å². The van der Waals surface area contributed by atoms with E-state index >= 15 is 0 Å². The molecule has 0 atom stereocenters. The summed E-state index contributed by atoms with van der Waals surface area (Å²) in [6.07, 6.45) is 5.11. The van der Waals surface area contributed by atoms with Gasteiger partial charge >= 0.3 is 0 Å². The van der Waals surface area contributed by atoms with Crippen LogP contribution in [0.15, 0.2) is 25.3 Å². The molecule has 2 nitrogen and oxygen atoms in total. The second kappa shape index (κ2) is 19.8. The van der Waals surface area contributed by atoms with Crippen molar-refractivity contribution in [3.63, 3.8) is 0 Å². The Morgan fingerprint density at radius 2 is 1.12 bits per heavy atom. The third kappa shape index (κ3) is 23.2. The monoisotopic (exact) mass is 236 g/mol. The minimum absolute atomic E-state index is 0.216. The van der Waals surface area contributed by atoms with Crippen LogP contribution in [-0.4, -0.2) is 39.8 Å². The highest BCUT2D eigenvalue weighted by Gasteiger charge is 1.82. The van der Waals surface area contributed by atoms with Gasteiger partial charge in [-0.15, -0.1) is 13.2 Å². The predicted molar refractivity (Wildman–Crippen MR) is 63.2 cm³/mol. The van der Waals surface area contributed by atoms with Crippen molar-refractivity contribution in [1.29, 1.82) is 0 Å². The van der Waals surface area contributed by atoms with E-state index < -0.39 is 13.3 Å². The number of rotatable bonds is 10. The minimum Gasteiger partial charge on any atom is -0.378 e. The molecule has 0 aliphatic rings. The van der Waals surface area contributed by atoms with Crippen molar-refractivity contribution >= 4 is 0 Å². The molecule has 16 heavy (non-hydrogen) atoms. The Kier molecular flexibility index (Phi) is 21.8. The molecule has 0 aromatic heterocycles. The number of ether oxygens (including phenoxy) is 2. The van der Waals surface area contributed by atoms with Gasteiger partial charge in [0.15, 0.2) is 0 Å². The molecule has 96 valence electrons. The topological polar surface area (TPSA) is 18.5 Å². The van der Waals surface area contributed by atoms with E-state index in [1.54, 1.807) is 12.2 Å². The third-order valence-electron chi connectivity index (χ3n) is 1.38. The summed E-state index contributed by atoms with van der Waals surface area (Å²) < 4.78 is 32.1. The molecule has 0 N–H and O–H groups in total. The van der Waals surface area contributed by atoms with Crippen molar-refractivity contribution in [2.75, 3.05) is 39.8 Å². The van der Waals surface area contributed by atoms with Gasteiger partial charge in [-0.1, -0.05) is 12.2 Å². The Balaban J connectivity index is 0. The first-order valence-electron chi connectivity index (χ1n) is 5.32. The molecule has 4 heteroatoms. The van der Waals surface area contributed by atoms with Crippen LogP contribution >= 0.6 is 0 Å². The number of halogens is 2. The molecule has 0 aliphatic carbocycles. The summed E-state index contributed by atoms with van der Waals surface area (Å²) in [5, 5.41) is 0. The minimum atomic E-state index is -0.392. The van der Waals surface area contributed by atoms with E-state index in [1.165, 1.54) is 0 Å². The fraction of sp³-hybridized carbons (Fsp3) is 0.667. The van der Waals surface area contributed by atoms with E-state index in [1.807, 2.05) is 0 Å². The third-order valence-corrected chi connectivity index (χ3v) is 1.38. The van der Waals surface area contributed by atoms with Crippen LogP contribution in [-0.2, 0) is 9.47 Å². The van der Waals surface area contributed by atoms with Gasteiger partial charge in [0, 0.05) is 0 Å². The Bertz CT molecular complexity index is 125. The number of alkyl halides is 2. The van der Waals surface area contributed by atoms with Crippen molar-refractivity contribution in [3.8, 4) is 0 Å². The van der Waals surface area contributed by atoms with Gasteiger partial charge < -0.3 is 9.47 Å². The standard InChI is InChI=1S/2C6H11FO/c2*1-2-3-5-8-6-4-7/h2*2H,1,3-6H2. The summed E-state index contributed by atoms with van der Waals surface area (Å²) in [5.74, 6) is 0. The SMILES string of the molecule is C=CCCOCCF.C=CCCOCCF. The van der Waals surface area contributed by atoms with E-state index in [0.29, 0.717) is 13.2 Å². The van der Waals surface area contributed by atoms with Gasteiger partial charge in [0.1, 0.15) is 13.3 Å². The lowest BCUT2D eigenvalue weighted by Crippen LogP contribution is -1.96. The quantitative estimate of drug-likeness (QED) is 0.428. The number of hydrogen-bond acceptors (Lipinski definition) is 2. The average Bonchev–Trinajstić information content (AvgIpc) is 2.31. The number of hydrogen-bond donors (Lipinski definition) is 0. The summed E-state index contributed by atoms with van der Waals surface area (Å²) in [5.41, 5.74) is 0. The normalized spacial score (nSPS) is 9.12. The van der Waals surface area contributed by atoms with Crippen molar-refractivity contribution in [3.05, 3.63) is 25.3 Å². The van der Waals surface area contributed by atoms with Crippen LogP contribution in [0.25, 0.3) is 0 Å². The molecule has 0 aromatic rings. The smallest absolute Gasteiger partial charge is 0.113 e.